The SMILES string of the molecule is CCOCCS(=O)(=O)N1CCCN(CC(C)CN)CC1. The number of sulfonamides is 1. The molecule has 0 bridgehead atoms. The van der Waals surface area contributed by atoms with Gasteiger partial charge in [-0.3, -0.25) is 0 Å². The molecule has 1 rings (SSSR count). The third kappa shape index (κ3) is 6.05. The van der Waals surface area contributed by atoms with Crippen LogP contribution in [-0.2, 0) is 14.8 Å². The van der Waals surface area contributed by atoms with Crippen LogP contribution in [0.2, 0.25) is 0 Å². The molecule has 1 aliphatic heterocycles. The predicted octanol–water partition coefficient (Wildman–Crippen LogP) is -0.0448. The van der Waals surface area contributed by atoms with E-state index in [-0.39, 0.29) is 12.4 Å². The Hall–Kier alpha value is -0.210. The number of nitrogens with zero attached hydrogens (tertiary/aromatic N) is 2. The number of nitrogens with two attached hydrogens (primary N) is 1. The monoisotopic (exact) mass is 307 g/mol. The lowest BCUT2D eigenvalue weighted by Gasteiger charge is -2.23. The van der Waals surface area contributed by atoms with Gasteiger partial charge in [-0.2, -0.15) is 0 Å². The van der Waals surface area contributed by atoms with Gasteiger partial charge < -0.3 is 15.4 Å². The minimum Gasteiger partial charge on any atom is -0.381 e. The summed E-state index contributed by atoms with van der Waals surface area (Å²) < 4.78 is 31.2. The molecule has 0 radical (unpaired) electrons. The zero-order chi connectivity index (χ0) is 15.0. The summed E-state index contributed by atoms with van der Waals surface area (Å²) in [7, 11) is -3.18. The minimum absolute atomic E-state index is 0.0834. The highest BCUT2D eigenvalue weighted by molar-refractivity contribution is 7.89. The molecule has 0 aliphatic carbocycles. The average Bonchev–Trinajstić information content (AvgIpc) is 2.65. The summed E-state index contributed by atoms with van der Waals surface area (Å²) in [5, 5.41) is 0. The molecule has 1 saturated heterocycles. The number of hydrogen-bond donors (Lipinski definition) is 1. The summed E-state index contributed by atoms with van der Waals surface area (Å²) in [6.45, 7) is 9.38. The van der Waals surface area contributed by atoms with Crippen LogP contribution in [0, 0.1) is 5.92 Å². The summed E-state index contributed by atoms with van der Waals surface area (Å²) in [5.74, 6) is 0.538. The van der Waals surface area contributed by atoms with Crippen molar-refractivity contribution in [3.8, 4) is 0 Å². The van der Waals surface area contributed by atoms with E-state index in [2.05, 4.69) is 11.8 Å². The second-order valence-corrected chi connectivity index (χ2v) is 7.50. The quantitative estimate of drug-likeness (QED) is 0.637. The summed E-state index contributed by atoms with van der Waals surface area (Å²) in [6.07, 6.45) is 0.880. The van der Waals surface area contributed by atoms with Gasteiger partial charge in [-0.1, -0.05) is 6.92 Å². The second-order valence-electron chi connectivity index (χ2n) is 5.41. The first-order valence-corrected chi connectivity index (χ1v) is 9.08. The molecule has 1 atom stereocenters. The number of hydrogen-bond acceptors (Lipinski definition) is 5. The van der Waals surface area contributed by atoms with Crippen LogP contribution in [0.3, 0.4) is 0 Å². The van der Waals surface area contributed by atoms with Crippen molar-refractivity contribution in [3.05, 3.63) is 0 Å². The van der Waals surface area contributed by atoms with E-state index in [1.54, 1.807) is 4.31 Å². The fourth-order valence-corrected chi connectivity index (χ4v) is 3.71. The summed E-state index contributed by atoms with van der Waals surface area (Å²) in [6, 6.07) is 0. The van der Waals surface area contributed by atoms with E-state index in [0.29, 0.717) is 32.2 Å². The smallest absolute Gasteiger partial charge is 0.216 e. The fourth-order valence-electron chi connectivity index (χ4n) is 2.36. The maximum Gasteiger partial charge on any atom is 0.216 e. The molecular formula is C13H29N3O3S. The maximum absolute atomic E-state index is 12.2. The molecule has 0 aromatic heterocycles. The Morgan fingerprint density at radius 1 is 1.25 bits per heavy atom. The first-order chi connectivity index (χ1) is 9.49. The van der Waals surface area contributed by atoms with E-state index in [0.717, 1.165) is 26.1 Å². The maximum atomic E-state index is 12.2. The van der Waals surface area contributed by atoms with E-state index in [4.69, 9.17) is 10.5 Å². The third-order valence-electron chi connectivity index (χ3n) is 3.60. The Morgan fingerprint density at radius 2 is 2.00 bits per heavy atom. The molecule has 1 heterocycles. The third-order valence-corrected chi connectivity index (χ3v) is 5.44. The van der Waals surface area contributed by atoms with Crippen molar-refractivity contribution in [1.82, 2.24) is 9.21 Å². The first kappa shape index (κ1) is 17.8. The zero-order valence-electron chi connectivity index (χ0n) is 12.8. The van der Waals surface area contributed by atoms with Gasteiger partial charge in [0, 0.05) is 32.8 Å². The molecule has 7 heteroatoms. The van der Waals surface area contributed by atoms with Crippen molar-refractivity contribution in [2.24, 2.45) is 11.7 Å². The van der Waals surface area contributed by atoms with Gasteiger partial charge in [0.1, 0.15) is 0 Å². The highest BCUT2D eigenvalue weighted by Crippen LogP contribution is 2.10. The highest BCUT2D eigenvalue weighted by Gasteiger charge is 2.25. The van der Waals surface area contributed by atoms with Gasteiger partial charge in [0.15, 0.2) is 0 Å². The Morgan fingerprint density at radius 3 is 2.65 bits per heavy atom. The first-order valence-electron chi connectivity index (χ1n) is 7.47. The van der Waals surface area contributed by atoms with Crippen molar-refractivity contribution in [1.29, 1.82) is 0 Å². The van der Waals surface area contributed by atoms with Gasteiger partial charge >= 0.3 is 0 Å². The van der Waals surface area contributed by atoms with Crippen molar-refractivity contribution in [2.75, 3.05) is 58.2 Å². The van der Waals surface area contributed by atoms with Gasteiger partial charge in [0.25, 0.3) is 0 Å². The Bertz CT molecular complexity index is 362. The van der Waals surface area contributed by atoms with Gasteiger partial charge in [-0.25, -0.2) is 12.7 Å². The van der Waals surface area contributed by atoms with Gasteiger partial charge in [0.2, 0.25) is 10.0 Å². The van der Waals surface area contributed by atoms with E-state index in [1.807, 2.05) is 6.92 Å². The fraction of sp³-hybridized carbons (Fsp3) is 1.00. The van der Waals surface area contributed by atoms with Crippen LogP contribution in [0.5, 0.6) is 0 Å². The Kier molecular flexibility index (Phi) is 7.98. The average molecular weight is 307 g/mol. The number of ether oxygens (including phenoxy) is 1. The largest absolute Gasteiger partial charge is 0.381 e. The molecule has 0 spiro atoms. The van der Waals surface area contributed by atoms with Crippen LogP contribution >= 0.6 is 0 Å². The van der Waals surface area contributed by atoms with E-state index in [1.165, 1.54) is 0 Å². The van der Waals surface area contributed by atoms with Crippen LogP contribution in [-0.4, -0.2) is 75.9 Å². The normalized spacial score (nSPS) is 20.8. The van der Waals surface area contributed by atoms with Gasteiger partial charge in [0.05, 0.1) is 12.4 Å². The van der Waals surface area contributed by atoms with Crippen molar-refractivity contribution in [3.63, 3.8) is 0 Å². The summed E-state index contributed by atoms with van der Waals surface area (Å²) in [4.78, 5) is 2.32. The molecule has 0 saturated carbocycles. The minimum atomic E-state index is -3.18. The molecular weight excluding hydrogens is 278 g/mol. The molecule has 1 fully saturated rings. The lowest BCUT2D eigenvalue weighted by molar-refractivity contribution is 0.162. The molecule has 6 nitrogen and oxygen atoms in total. The van der Waals surface area contributed by atoms with Crippen LogP contribution in [0.4, 0.5) is 0 Å². The van der Waals surface area contributed by atoms with Crippen LogP contribution in [0.15, 0.2) is 0 Å². The summed E-state index contributed by atoms with van der Waals surface area (Å²) >= 11 is 0. The van der Waals surface area contributed by atoms with Crippen LogP contribution < -0.4 is 5.73 Å². The molecule has 120 valence electrons. The molecule has 20 heavy (non-hydrogen) atoms. The molecule has 0 aromatic carbocycles. The Labute approximate surface area is 123 Å². The molecule has 0 aromatic rings. The van der Waals surface area contributed by atoms with Crippen LogP contribution in [0.1, 0.15) is 20.3 Å². The van der Waals surface area contributed by atoms with E-state index in [9.17, 15) is 8.42 Å². The topological polar surface area (TPSA) is 75.9 Å². The van der Waals surface area contributed by atoms with Gasteiger partial charge in [-0.05, 0) is 32.4 Å². The molecule has 2 N–H and O–H groups in total. The molecule has 0 amide bonds. The number of rotatable bonds is 8. The van der Waals surface area contributed by atoms with E-state index < -0.39 is 10.0 Å². The highest BCUT2D eigenvalue weighted by atomic mass is 32.2. The lowest BCUT2D eigenvalue weighted by Crippen LogP contribution is -2.38. The van der Waals surface area contributed by atoms with E-state index >= 15 is 0 Å². The van der Waals surface area contributed by atoms with Crippen molar-refractivity contribution in [2.45, 2.75) is 20.3 Å². The summed E-state index contributed by atoms with van der Waals surface area (Å²) in [5.41, 5.74) is 5.65. The van der Waals surface area contributed by atoms with Crippen molar-refractivity contribution < 1.29 is 13.2 Å². The van der Waals surface area contributed by atoms with Gasteiger partial charge in [-0.15, -0.1) is 0 Å². The predicted molar refractivity (Wildman–Crippen MR) is 81.1 cm³/mol. The van der Waals surface area contributed by atoms with Crippen LogP contribution in [0.25, 0.3) is 0 Å². The van der Waals surface area contributed by atoms with Crippen molar-refractivity contribution >= 4 is 10.0 Å². The second kappa shape index (κ2) is 8.94. The molecule has 1 unspecified atom stereocenters. The Balaban J connectivity index is 2.46. The molecule has 1 aliphatic rings. The lowest BCUT2D eigenvalue weighted by atomic mass is 10.1. The zero-order valence-corrected chi connectivity index (χ0v) is 13.6. The standard InChI is InChI=1S/C13H29N3O3S/c1-3-19-9-10-20(17,18)16-6-4-5-15(7-8-16)12-13(2)11-14/h13H,3-12,14H2,1-2H3.